The monoisotopic (exact) mass is 314 g/mol. The summed E-state index contributed by atoms with van der Waals surface area (Å²) in [6, 6.07) is 2.35. The van der Waals surface area contributed by atoms with Crippen LogP contribution in [0.1, 0.15) is 38.2 Å². The van der Waals surface area contributed by atoms with Crippen LogP contribution in [-0.2, 0) is 10.0 Å². The fraction of sp³-hybridized carbons (Fsp3) is 0.600. The van der Waals surface area contributed by atoms with Crippen LogP contribution in [0.25, 0.3) is 0 Å². The average Bonchev–Trinajstić information content (AvgIpc) is 2.42. The van der Waals surface area contributed by atoms with Gasteiger partial charge in [0.25, 0.3) is 0 Å². The van der Waals surface area contributed by atoms with Gasteiger partial charge in [0.05, 0.1) is 0 Å². The molecule has 1 aliphatic rings. The van der Waals surface area contributed by atoms with E-state index in [2.05, 4.69) is 11.6 Å². The second-order valence-electron chi connectivity index (χ2n) is 6.12. The van der Waals surface area contributed by atoms with E-state index in [1.165, 1.54) is 6.07 Å². The first kappa shape index (κ1) is 16.2. The molecule has 1 fully saturated rings. The lowest BCUT2D eigenvalue weighted by atomic mass is 9.83. The summed E-state index contributed by atoms with van der Waals surface area (Å²) in [6.07, 6.45) is 4.28. The molecule has 4 nitrogen and oxygen atoms in total. The van der Waals surface area contributed by atoms with Crippen LogP contribution in [-0.4, -0.2) is 15.0 Å². The number of aryl methyl sites for hydroxylation is 1. The van der Waals surface area contributed by atoms with Crippen molar-refractivity contribution in [2.45, 2.75) is 44.4 Å². The van der Waals surface area contributed by atoms with Crippen LogP contribution in [0.15, 0.2) is 17.0 Å². The van der Waals surface area contributed by atoms with E-state index in [4.69, 9.17) is 5.73 Å². The number of nitrogens with two attached hydrogens (primary N) is 1. The van der Waals surface area contributed by atoms with Crippen LogP contribution < -0.4 is 10.5 Å². The molecule has 0 aromatic heterocycles. The Labute approximate surface area is 126 Å². The summed E-state index contributed by atoms with van der Waals surface area (Å²) < 4.78 is 40.8. The molecule has 0 unspecified atom stereocenters. The van der Waals surface area contributed by atoms with E-state index in [1.807, 2.05) is 0 Å². The largest absolute Gasteiger partial charge is 0.398 e. The van der Waals surface area contributed by atoms with Gasteiger partial charge in [-0.3, -0.25) is 0 Å². The van der Waals surface area contributed by atoms with E-state index in [9.17, 15) is 12.8 Å². The average molecular weight is 314 g/mol. The summed E-state index contributed by atoms with van der Waals surface area (Å²) in [7, 11) is -3.85. The summed E-state index contributed by atoms with van der Waals surface area (Å²) in [5.41, 5.74) is 6.50. The molecule has 0 aliphatic heterocycles. The highest BCUT2D eigenvalue weighted by Gasteiger charge is 2.23. The minimum atomic E-state index is -3.85. The van der Waals surface area contributed by atoms with Crippen molar-refractivity contribution in [2.24, 2.45) is 11.8 Å². The van der Waals surface area contributed by atoms with Gasteiger partial charge in [0.1, 0.15) is 10.7 Å². The van der Waals surface area contributed by atoms with Crippen LogP contribution in [0.3, 0.4) is 0 Å². The Morgan fingerprint density at radius 3 is 2.52 bits per heavy atom. The van der Waals surface area contributed by atoms with Gasteiger partial charge in [-0.05, 0) is 49.3 Å². The molecule has 6 heteroatoms. The Kier molecular flexibility index (Phi) is 4.88. The predicted octanol–water partition coefficient (Wildman–Crippen LogP) is 2.82. The molecular weight excluding hydrogens is 291 g/mol. The molecule has 0 saturated heterocycles. The zero-order chi connectivity index (χ0) is 15.6. The smallest absolute Gasteiger partial charge is 0.243 e. The molecule has 118 valence electrons. The first-order chi connectivity index (χ1) is 9.79. The van der Waals surface area contributed by atoms with Gasteiger partial charge < -0.3 is 5.73 Å². The Morgan fingerprint density at radius 1 is 1.29 bits per heavy atom. The molecule has 21 heavy (non-hydrogen) atoms. The van der Waals surface area contributed by atoms with Crippen molar-refractivity contribution in [2.75, 3.05) is 12.3 Å². The number of benzene rings is 1. The zero-order valence-electron chi connectivity index (χ0n) is 12.5. The molecule has 1 aliphatic carbocycles. The van der Waals surface area contributed by atoms with E-state index in [0.29, 0.717) is 23.9 Å². The number of nitrogen functional groups attached to an aromatic ring is 1. The summed E-state index contributed by atoms with van der Waals surface area (Å²) in [5.74, 6) is 0.292. The molecule has 1 saturated carbocycles. The maximum absolute atomic E-state index is 13.9. The third-order valence-corrected chi connectivity index (χ3v) is 5.75. The quantitative estimate of drug-likeness (QED) is 0.839. The van der Waals surface area contributed by atoms with Crippen LogP contribution in [0.4, 0.5) is 10.1 Å². The van der Waals surface area contributed by atoms with E-state index in [-0.39, 0.29) is 10.6 Å². The highest BCUT2D eigenvalue weighted by molar-refractivity contribution is 7.89. The van der Waals surface area contributed by atoms with Crippen molar-refractivity contribution in [3.63, 3.8) is 0 Å². The van der Waals surface area contributed by atoms with Crippen molar-refractivity contribution in [1.82, 2.24) is 4.72 Å². The third kappa shape index (κ3) is 3.95. The van der Waals surface area contributed by atoms with Crippen molar-refractivity contribution in [3.8, 4) is 0 Å². The lowest BCUT2D eigenvalue weighted by molar-refractivity contribution is 0.290. The number of hydrogen-bond donors (Lipinski definition) is 2. The summed E-state index contributed by atoms with van der Waals surface area (Å²) in [5, 5.41) is 0. The van der Waals surface area contributed by atoms with Gasteiger partial charge in [0.2, 0.25) is 10.0 Å². The maximum Gasteiger partial charge on any atom is 0.243 e. The van der Waals surface area contributed by atoms with Gasteiger partial charge in [-0.15, -0.1) is 0 Å². The predicted molar refractivity (Wildman–Crippen MR) is 81.9 cm³/mol. The van der Waals surface area contributed by atoms with E-state index >= 15 is 0 Å². The lowest BCUT2D eigenvalue weighted by Gasteiger charge is -2.26. The minimum Gasteiger partial charge on any atom is -0.398 e. The number of anilines is 1. The van der Waals surface area contributed by atoms with Crippen LogP contribution >= 0.6 is 0 Å². The molecule has 0 spiro atoms. The van der Waals surface area contributed by atoms with Crippen molar-refractivity contribution < 1.29 is 12.8 Å². The molecule has 1 aromatic carbocycles. The van der Waals surface area contributed by atoms with Gasteiger partial charge in [0, 0.05) is 12.2 Å². The minimum absolute atomic E-state index is 0.281. The highest BCUT2D eigenvalue weighted by atomic mass is 32.2. The van der Waals surface area contributed by atoms with Crippen molar-refractivity contribution in [3.05, 3.63) is 23.5 Å². The van der Waals surface area contributed by atoms with Crippen LogP contribution in [0.5, 0.6) is 0 Å². The number of nitrogens with one attached hydrogen (secondary N) is 1. The van der Waals surface area contributed by atoms with Crippen LogP contribution in [0, 0.1) is 24.6 Å². The number of sulfonamides is 1. The number of rotatable bonds is 4. The standard InChI is InChI=1S/C15H23FN2O2S/c1-10-3-5-12(6-4-10)9-18-21(19,20)15-8-14(17)11(2)7-13(15)16/h7-8,10,12,18H,3-6,9,17H2,1-2H3. The van der Waals surface area contributed by atoms with Gasteiger partial charge in [0.15, 0.2) is 0 Å². The second kappa shape index (κ2) is 6.32. The van der Waals surface area contributed by atoms with E-state index in [1.54, 1.807) is 6.92 Å². The first-order valence-corrected chi connectivity index (χ1v) is 8.83. The Morgan fingerprint density at radius 2 is 1.90 bits per heavy atom. The molecule has 2 rings (SSSR count). The first-order valence-electron chi connectivity index (χ1n) is 7.35. The van der Waals surface area contributed by atoms with Gasteiger partial charge >= 0.3 is 0 Å². The SMILES string of the molecule is Cc1cc(F)c(S(=O)(=O)NCC2CCC(C)CC2)cc1N. The molecule has 0 radical (unpaired) electrons. The normalized spacial score (nSPS) is 23.2. The van der Waals surface area contributed by atoms with Gasteiger partial charge in [-0.1, -0.05) is 19.8 Å². The molecule has 0 heterocycles. The van der Waals surface area contributed by atoms with E-state index < -0.39 is 15.8 Å². The third-order valence-electron chi connectivity index (χ3n) is 4.31. The van der Waals surface area contributed by atoms with Crippen LogP contribution in [0.2, 0.25) is 0 Å². The Hall–Kier alpha value is -1.14. The molecule has 3 N–H and O–H groups in total. The molecular formula is C15H23FN2O2S. The Bertz CT molecular complexity index is 608. The Balaban J connectivity index is 2.07. The molecule has 1 aromatic rings. The lowest BCUT2D eigenvalue weighted by Crippen LogP contribution is -2.31. The zero-order valence-corrected chi connectivity index (χ0v) is 13.3. The summed E-state index contributed by atoms with van der Waals surface area (Å²) in [4.78, 5) is -0.366. The topological polar surface area (TPSA) is 72.2 Å². The summed E-state index contributed by atoms with van der Waals surface area (Å²) >= 11 is 0. The fourth-order valence-corrected chi connectivity index (χ4v) is 3.92. The fourth-order valence-electron chi connectivity index (χ4n) is 2.71. The highest BCUT2D eigenvalue weighted by Crippen LogP contribution is 2.28. The summed E-state index contributed by atoms with van der Waals surface area (Å²) in [6.45, 7) is 4.22. The van der Waals surface area contributed by atoms with Gasteiger partial charge in [-0.25, -0.2) is 17.5 Å². The van der Waals surface area contributed by atoms with Crippen molar-refractivity contribution in [1.29, 1.82) is 0 Å². The van der Waals surface area contributed by atoms with Crippen molar-refractivity contribution >= 4 is 15.7 Å². The maximum atomic E-state index is 13.9. The number of hydrogen-bond acceptors (Lipinski definition) is 3. The molecule has 0 bridgehead atoms. The molecule has 0 atom stereocenters. The second-order valence-corrected chi connectivity index (χ2v) is 7.85. The molecule has 0 amide bonds. The van der Waals surface area contributed by atoms with E-state index in [0.717, 1.165) is 31.7 Å². The van der Waals surface area contributed by atoms with Gasteiger partial charge in [-0.2, -0.15) is 0 Å². The number of halogens is 1.